The van der Waals surface area contributed by atoms with Gasteiger partial charge in [0.15, 0.2) is 0 Å². The number of hydrogen-bond donors (Lipinski definition) is 2. The SMILES string of the molecule is CCCCNC(=O)NS(=O)(=O)c1ccc(C)cc1.Cc1ncc2n1-c1ccc(Cl)cc1C(c1ccccc1F)=NC2. The highest BCUT2D eigenvalue weighted by atomic mass is 35.5. The highest BCUT2D eigenvalue weighted by Gasteiger charge is 2.22. The van der Waals surface area contributed by atoms with Crippen molar-refractivity contribution in [3.8, 4) is 5.69 Å². The molecule has 1 aromatic heterocycles. The first-order valence-corrected chi connectivity index (χ1v) is 15.0. The van der Waals surface area contributed by atoms with Gasteiger partial charge in [0.25, 0.3) is 10.0 Å². The molecule has 4 aromatic rings. The third kappa shape index (κ3) is 7.20. The number of hydrogen-bond acceptors (Lipinski definition) is 5. The molecule has 0 radical (unpaired) electrons. The van der Waals surface area contributed by atoms with Gasteiger partial charge in [-0.25, -0.2) is 27.3 Å². The van der Waals surface area contributed by atoms with E-state index in [0.29, 0.717) is 29.4 Å². The maximum absolute atomic E-state index is 14.3. The van der Waals surface area contributed by atoms with Crippen LogP contribution in [0.15, 0.2) is 82.8 Å². The van der Waals surface area contributed by atoms with Gasteiger partial charge in [0.2, 0.25) is 0 Å². The molecule has 1 aliphatic rings. The first-order valence-electron chi connectivity index (χ1n) is 13.1. The summed E-state index contributed by atoms with van der Waals surface area (Å²) in [7, 11) is -3.78. The second-order valence-electron chi connectivity index (χ2n) is 9.47. The van der Waals surface area contributed by atoms with Crippen molar-refractivity contribution in [3.63, 3.8) is 0 Å². The Morgan fingerprint density at radius 1 is 1.05 bits per heavy atom. The van der Waals surface area contributed by atoms with E-state index in [4.69, 9.17) is 11.6 Å². The number of sulfonamides is 1. The zero-order chi connectivity index (χ0) is 29.6. The lowest BCUT2D eigenvalue weighted by atomic mass is 10.00. The number of unbranched alkanes of at least 4 members (excludes halogenated alkanes) is 1. The number of aliphatic imine (C=N–C) groups is 1. The predicted molar refractivity (Wildman–Crippen MR) is 159 cm³/mol. The number of nitrogens with zero attached hydrogens (tertiary/aromatic N) is 3. The molecule has 0 spiro atoms. The number of rotatable bonds is 6. The summed E-state index contributed by atoms with van der Waals surface area (Å²) in [6.45, 7) is 6.70. The number of imidazole rings is 1. The molecule has 214 valence electrons. The second-order valence-corrected chi connectivity index (χ2v) is 11.6. The van der Waals surface area contributed by atoms with Crippen LogP contribution >= 0.6 is 11.6 Å². The van der Waals surface area contributed by atoms with Gasteiger partial charge in [-0.05, 0) is 62.7 Å². The number of aryl methyl sites for hydroxylation is 2. The summed E-state index contributed by atoms with van der Waals surface area (Å²) in [4.78, 5) is 20.5. The molecule has 2 amide bonds. The number of aromatic nitrogens is 2. The number of fused-ring (bicyclic) bond motifs is 3. The Kier molecular flexibility index (Phi) is 9.57. The van der Waals surface area contributed by atoms with Crippen LogP contribution in [0.2, 0.25) is 5.02 Å². The van der Waals surface area contributed by atoms with Crippen molar-refractivity contribution < 1.29 is 17.6 Å². The van der Waals surface area contributed by atoms with Crippen LogP contribution in [-0.4, -0.2) is 36.3 Å². The third-order valence-electron chi connectivity index (χ3n) is 6.37. The van der Waals surface area contributed by atoms with Crippen LogP contribution in [0.3, 0.4) is 0 Å². The molecule has 2 heterocycles. The van der Waals surface area contributed by atoms with E-state index >= 15 is 0 Å². The number of nitrogens with one attached hydrogen (secondary N) is 2. The summed E-state index contributed by atoms with van der Waals surface area (Å²) in [5.74, 6) is 0.576. The third-order valence-corrected chi connectivity index (χ3v) is 7.95. The molecule has 1 aliphatic heterocycles. The average molecular weight is 596 g/mol. The molecule has 0 saturated carbocycles. The molecule has 0 fully saturated rings. The lowest BCUT2D eigenvalue weighted by Gasteiger charge is -2.14. The number of halogens is 2. The van der Waals surface area contributed by atoms with E-state index in [1.807, 2.05) is 60.5 Å². The van der Waals surface area contributed by atoms with E-state index in [0.717, 1.165) is 41.2 Å². The summed E-state index contributed by atoms with van der Waals surface area (Å²) in [5.41, 5.74) is 4.75. The first kappa shape index (κ1) is 30.0. The monoisotopic (exact) mass is 595 g/mol. The molecule has 0 aliphatic carbocycles. The summed E-state index contributed by atoms with van der Waals surface area (Å²) in [5, 5.41) is 3.08. The lowest BCUT2D eigenvalue weighted by Crippen LogP contribution is -2.39. The van der Waals surface area contributed by atoms with Gasteiger partial charge in [0.05, 0.1) is 34.7 Å². The van der Waals surface area contributed by atoms with E-state index in [1.54, 1.807) is 24.3 Å². The second kappa shape index (κ2) is 13.1. The van der Waals surface area contributed by atoms with Crippen molar-refractivity contribution in [2.75, 3.05) is 6.54 Å². The Bertz CT molecular complexity index is 1680. The fraction of sp³-hybridized carbons (Fsp3) is 0.233. The minimum atomic E-state index is -3.78. The maximum atomic E-state index is 14.3. The summed E-state index contributed by atoms with van der Waals surface area (Å²) in [6, 6.07) is 17.9. The molecule has 0 atom stereocenters. The fourth-order valence-electron chi connectivity index (χ4n) is 4.27. The Labute approximate surface area is 244 Å². The van der Waals surface area contributed by atoms with E-state index in [2.05, 4.69) is 15.3 Å². The molecule has 0 bridgehead atoms. The Hall–Kier alpha value is -4.02. The minimum Gasteiger partial charge on any atom is -0.337 e. The molecule has 41 heavy (non-hydrogen) atoms. The minimum absolute atomic E-state index is 0.0822. The Morgan fingerprint density at radius 3 is 2.49 bits per heavy atom. The molecule has 8 nitrogen and oxygen atoms in total. The number of carbonyl (C=O) groups is 1. The van der Waals surface area contributed by atoms with Gasteiger partial charge in [0, 0.05) is 22.7 Å². The number of carbonyl (C=O) groups excluding carboxylic acids is 1. The molecule has 0 saturated heterocycles. The highest BCUT2D eigenvalue weighted by molar-refractivity contribution is 7.90. The van der Waals surface area contributed by atoms with Crippen molar-refractivity contribution in [1.82, 2.24) is 19.6 Å². The normalized spacial score (nSPS) is 12.2. The number of urea groups is 1. The molecular formula is C30H31ClFN5O3S. The largest absolute Gasteiger partial charge is 0.337 e. The van der Waals surface area contributed by atoms with Crippen LogP contribution in [0.25, 0.3) is 5.69 Å². The standard InChI is InChI=1S/C18H13ClFN3.C12H18N2O3S/c1-11-21-9-13-10-22-18(14-4-2-3-5-16(14)20)15-8-12(19)6-7-17(15)23(11)13;1-3-4-9-13-12(15)14-18(16,17)11-7-5-10(2)6-8-11/h2-9H,10H2,1H3;5-8H,3-4,9H2,1-2H3,(H2,13,14,15). The van der Waals surface area contributed by atoms with E-state index in [-0.39, 0.29) is 10.7 Å². The summed E-state index contributed by atoms with van der Waals surface area (Å²) < 4.78 is 41.9. The summed E-state index contributed by atoms with van der Waals surface area (Å²) in [6.07, 6.45) is 3.56. The molecule has 5 rings (SSSR count). The van der Waals surface area contributed by atoms with Crippen LogP contribution in [0, 0.1) is 19.7 Å². The van der Waals surface area contributed by atoms with Crippen LogP contribution in [0.5, 0.6) is 0 Å². The molecule has 3 aromatic carbocycles. The van der Waals surface area contributed by atoms with E-state index < -0.39 is 16.1 Å². The van der Waals surface area contributed by atoms with Gasteiger partial charge in [0.1, 0.15) is 11.6 Å². The molecule has 0 unspecified atom stereocenters. The van der Waals surface area contributed by atoms with Crippen molar-refractivity contribution in [3.05, 3.63) is 112 Å². The topological polar surface area (TPSA) is 105 Å². The van der Waals surface area contributed by atoms with Crippen molar-refractivity contribution in [2.24, 2.45) is 4.99 Å². The quantitative estimate of drug-likeness (QED) is 0.262. The van der Waals surface area contributed by atoms with E-state index in [1.165, 1.54) is 18.2 Å². The first-order chi connectivity index (χ1) is 19.6. The molecule has 11 heteroatoms. The average Bonchev–Trinajstić information content (AvgIpc) is 3.21. The predicted octanol–water partition coefficient (Wildman–Crippen LogP) is 6.11. The van der Waals surface area contributed by atoms with Crippen LogP contribution in [0.1, 0.15) is 48.0 Å². The number of benzene rings is 3. The maximum Gasteiger partial charge on any atom is 0.328 e. The number of amides is 2. The van der Waals surface area contributed by atoms with Crippen molar-refractivity contribution in [1.29, 1.82) is 0 Å². The zero-order valence-electron chi connectivity index (χ0n) is 23.0. The smallest absolute Gasteiger partial charge is 0.328 e. The van der Waals surface area contributed by atoms with Gasteiger partial charge in [-0.15, -0.1) is 0 Å². The van der Waals surface area contributed by atoms with Crippen molar-refractivity contribution in [2.45, 2.75) is 45.1 Å². The van der Waals surface area contributed by atoms with Gasteiger partial charge in [-0.1, -0.05) is 54.8 Å². The molecule has 2 N–H and O–H groups in total. The van der Waals surface area contributed by atoms with Crippen LogP contribution < -0.4 is 10.0 Å². The van der Waals surface area contributed by atoms with Crippen molar-refractivity contribution >= 4 is 33.4 Å². The van der Waals surface area contributed by atoms with Crippen LogP contribution in [-0.2, 0) is 16.6 Å². The van der Waals surface area contributed by atoms with Gasteiger partial charge < -0.3 is 5.32 Å². The Morgan fingerprint density at radius 2 is 1.78 bits per heavy atom. The lowest BCUT2D eigenvalue weighted by molar-refractivity contribution is 0.245. The highest BCUT2D eigenvalue weighted by Crippen LogP contribution is 2.29. The van der Waals surface area contributed by atoms with Gasteiger partial charge in [-0.2, -0.15) is 0 Å². The van der Waals surface area contributed by atoms with Gasteiger partial charge >= 0.3 is 6.03 Å². The zero-order valence-corrected chi connectivity index (χ0v) is 24.6. The van der Waals surface area contributed by atoms with E-state index in [9.17, 15) is 17.6 Å². The Balaban J connectivity index is 0.000000196. The van der Waals surface area contributed by atoms with Crippen LogP contribution in [0.4, 0.5) is 9.18 Å². The summed E-state index contributed by atoms with van der Waals surface area (Å²) >= 11 is 6.19. The van der Waals surface area contributed by atoms with Gasteiger partial charge in [-0.3, -0.25) is 9.56 Å². The molecular weight excluding hydrogens is 565 g/mol. The fourth-order valence-corrected chi connectivity index (χ4v) is 5.37.